The van der Waals surface area contributed by atoms with Crippen molar-refractivity contribution in [3.63, 3.8) is 0 Å². The van der Waals surface area contributed by atoms with Crippen molar-refractivity contribution in [3.8, 4) is 22.1 Å². The van der Waals surface area contributed by atoms with Crippen LogP contribution in [0.5, 0.6) is 0 Å². The highest BCUT2D eigenvalue weighted by Crippen LogP contribution is 2.44. The predicted octanol–water partition coefficient (Wildman–Crippen LogP) is 7.24. The lowest BCUT2D eigenvalue weighted by Crippen LogP contribution is -2.26. The predicted molar refractivity (Wildman–Crippen MR) is 131 cm³/mol. The van der Waals surface area contributed by atoms with Crippen molar-refractivity contribution in [1.82, 2.24) is 19.4 Å². The van der Waals surface area contributed by atoms with Crippen LogP contribution in [0, 0.1) is 5.41 Å². The lowest BCUT2D eigenvalue weighted by molar-refractivity contribution is 0.0915. The van der Waals surface area contributed by atoms with Crippen LogP contribution >= 0.6 is 50.2 Å². The highest BCUT2D eigenvalue weighted by Gasteiger charge is 2.36. The van der Waals surface area contributed by atoms with Gasteiger partial charge in [0.1, 0.15) is 11.4 Å². The Labute approximate surface area is 199 Å². The van der Waals surface area contributed by atoms with Gasteiger partial charge in [-0.3, -0.25) is 9.20 Å². The number of imidazole rings is 2. The van der Waals surface area contributed by atoms with Crippen molar-refractivity contribution in [3.05, 3.63) is 49.7 Å². The van der Waals surface area contributed by atoms with Gasteiger partial charge in [-0.25, -0.2) is 9.97 Å². The molecule has 0 radical (unpaired) electrons. The van der Waals surface area contributed by atoms with E-state index in [1.54, 1.807) is 0 Å². The van der Waals surface area contributed by atoms with Crippen molar-refractivity contribution < 1.29 is 4.79 Å². The van der Waals surface area contributed by atoms with E-state index in [1.807, 2.05) is 30.3 Å². The quantitative estimate of drug-likeness (QED) is 0.261. The molecule has 0 atom stereocenters. The zero-order chi connectivity index (χ0) is 21.5. The summed E-state index contributed by atoms with van der Waals surface area (Å²) in [4.78, 5) is 28.8. The number of thiazole rings is 1. The summed E-state index contributed by atoms with van der Waals surface area (Å²) >= 11 is 12.7. The first-order chi connectivity index (χ1) is 14.8. The molecule has 0 amide bonds. The zero-order valence-electron chi connectivity index (χ0n) is 16.6. The Hall–Kier alpha value is -2.00. The first-order valence-electron chi connectivity index (χ1n) is 9.78. The van der Waals surface area contributed by atoms with Crippen LogP contribution in [0.15, 0.2) is 34.8 Å². The number of hydrogen-bond donors (Lipinski definition) is 1. The third-order valence-corrected chi connectivity index (χ3v) is 8.44. The second kappa shape index (κ2) is 6.75. The maximum atomic E-state index is 12.9. The third-order valence-electron chi connectivity index (χ3n) is 5.59. The number of aromatic nitrogens is 4. The first kappa shape index (κ1) is 19.7. The molecule has 0 spiro atoms. The number of aromatic amines is 1. The molecule has 5 nitrogen and oxygen atoms in total. The first-order valence-corrected chi connectivity index (χ1v) is 12.6. The normalized spacial score (nSPS) is 15.8. The number of rotatable bonds is 2. The Bertz CT molecular complexity index is 1520. The second-order valence-corrected chi connectivity index (χ2v) is 12.2. The molecule has 6 rings (SSSR count). The minimum absolute atomic E-state index is 0.0925. The molecule has 156 valence electrons. The number of fused-ring (bicyclic) bond motifs is 4. The summed E-state index contributed by atoms with van der Waals surface area (Å²) in [5, 5.41) is 0. The van der Waals surface area contributed by atoms with Gasteiger partial charge in [0.2, 0.25) is 0 Å². The van der Waals surface area contributed by atoms with E-state index >= 15 is 0 Å². The number of thiophene rings is 1. The summed E-state index contributed by atoms with van der Waals surface area (Å²) in [6, 6.07) is 9.85. The molecule has 0 saturated carbocycles. The molecule has 0 unspecified atom stereocenters. The molecule has 1 aliphatic carbocycles. The number of Topliss-reactive ketones (excluding diaryl/α,β-unsaturated/α-hetero) is 1. The molecular formula is C22H16BrClN4OS2. The Morgan fingerprint density at radius 1 is 1.16 bits per heavy atom. The van der Waals surface area contributed by atoms with Gasteiger partial charge in [-0.1, -0.05) is 52.7 Å². The van der Waals surface area contributed by atoms with Gasteiger partial charge >= 0.3 is 0 Å². The number of hydrogen-bond acceptors (Lipinski definition) is 5. The van der Waals surface area contributed by atoms with E-state index in [0.717, 1.165) is 59.5 Å². The smallest absolute Gasteiger partial charge is 0.195 e. The maximum absolute atomic E-state index is 12.9. The number of benzene rings is 1. The fraction of sp³-hybridized carbons (Fsp3) is 0.227. The zero-order valence-corrected chi connectivity index (χ0v) is 20.6. The fourth-order valence-corrected chi connectivity index (χ4v) is 6.78. The number of H-pyrrole nitrogens is 1. The molecule has 0 saturated heterocycles. The second-order valence-electron chi connectivity index (χ2n) is 8.60. The molecular weight excluding hydrogens is 516 g/mol. The maximum Gasteiger partial charge on any atom is 0.195 e. The standard InChI is InChI=1S/C22H16BrClN4OS2/c1-22(2)8-13-19(14(29)9-22)31-21-27-17(15-5-6-16(24)30-15)18(28(13)21)20-25-11-4-3-10(23)7-12(11)26-20/h3-7H,8-9H2,1-2H3,(H,25,26). The molecule has 0 aliphatic heterocycles. The number of halogens is 2. The summed E-state index contributed by atoms with van der Waals surface area (Å²) in [5.41, 5.74) is 4.46. The van der Waals surface area contributed by atoms with Gasteiger partial charge in [0.05, 0.1) is 25.1 Å². The molecule has 5 aromatic rings. The highest BCUT2D eigenvalue weighted by molar-refractivity contribution is 9.10. The molecule has 4 heterocycles. The van der Waals surface area contributed by atoms with E-state index in [4.69, 9.17) is 21.6 Å². The summed E-state index contributed by atoms with van der Waals surface area (Å²) in [6.07, 6.45) is 1.37. The van der Waals surface area contributed by atoms with Crippen LogP contribution in [0.1, 0.15) is 35.6 Å². The van der Waals surface area contributed by atoms with Crippen LogP contribution in [0.25, 0.3) is 38.1 Å². The van der Waals surface area contributed by atoms with Gasteiger partial charge in [0, 0.05) is 16.6 Å². The van der Waals surface area contributed by atoms with Gasteiger partial charge in [0.25, 0.3) is 0 Å². The molecule has 1 aliphatic rings. The third kappa shape index (κ3) is 3.11. The molecule has 31 heavy (non-hydrogen) atoms. The Kier molecular flexibility index (Phi) is 4.28. The molecule has 1 N–H and O–H groups in total. The van der Waals surface area contributed by atoms with E-state index in [0.29, 0.717) is 10.8 Å². The number of nitrogens with zero attached hydrogens (tertiary/aromatic N) is 3. The van der Waals surface area contributed by atoms with Crippen molar-refractivity contribution in [2.75, 3.05) is 0 Å². The van der Waals surface area contributed by atoms with Crippen molar-refractivity contribution in [2.24, 2.45) is 5.41 Å². The Balaban J connectivity index is 1.69. The largest absolute Gasteiger partial charge is 0.337 e. The molecule has 0 bridgehead atoms. The van der Waals surface area contributed by atoms with E-state index < -0.39 is 0 Å². The van der Waals surface area contributed by atoms with Crippen molar-refractivity contribution in [1.29, 1.82) is 0 Å². The van der Waals surface area contributed by atoms with Gasteiger partial charge < -0.3 is 4.98 Å². The number of carbonyl (C=O) groups excluding carboxylic acids is 1. The van der Waals surface area contributed by atoms with Crippen molar-refractivity contribution in [2.45, 2.75) is 26.7 Å². The summed E-state index contributed by atoms with van der Waals surface area (Å²) in [5.74, 6) is 0.929. The summed E-state index contributed by atoms with van der Waals surface area (Å²) in [6.45, 7) is 4.29. The van der Waals surface area contributed by atoms with Gasteiger partial charge in [-0.05, 0) is 42.2 Å². The lowest BCUT2D eigenvalue weighted by Gasteiger charge is -2.28. The Morgan fingerprint density at radius 3 is 2.77 bits per heavy atom. The fourth-order valence-electron chi connectivity index (χ4n) is 4.30. The number of ketones is 1. The summed E-state index contributed by atoms with van der Waals surface area (Å²) < 4.78 is 3.83. The SMILES string of the molecule is CC1(C)CC(=O)c2sc3nc(-c4ccc(Cl)s4)c(-c4nc5ccc(Br)cc5[nH]4)n3c2C1. The average Bonchev–Trinajstić information content (AvgIpc) is 3.42. The summed E-state index contributed by atoms with van der Waals surface area (Å²) in [7, 11) is 0. The van der Waals surface area contributed by atoms with Gasteiger partial charge in [-0.15, -0.1) is 11.3 Å². The highest BCUT2D eigenvalue weighted by atomic mass is 79.9. The lowest BCUT2D eigenvalue weighted by atomic mass is 9.78. The van der Waals surface area contributed by atoms with Crippen LogP contribution < -0.4 is 0 Å². The van der Waals surface area contributed by atoms with E-state index in [9.17, 15) is 4.79 Å². The minimum atomic E-state index is -0.0925. The van der Waals surface area contributed by atoms with E-state index in [-0.39, 0.29) is 11.2 Å². The van der Waals surface area contributed by atoms with E-state index in [1.165, 1.54) is 22.7 Å². The van der Waals surface area contributed by atoms with Crippen LogP contribution in [0.2, 0.25) is 4.34 Å². The molecule has 9 heteroatoms. The number of nitrogens with one attached hydrogen (secondary N) is 1. The van der Waals surface area contributed by atoms with Gasteiger partial charge in [0.15, 0.2) is 16.6 Å². The van der Waals surface area contributed by atoms with Crippen LogP contribution in [-0.4, -0.2) is 25.1 Å². The minimum Gasteiger partial charge on any atom is -0.337 e. The van der Waals surface area contributed by atoms with Crippen LogP contribution in [0.4, 0.5) is 0 Å². The molecule has 4 aromatic heterocycles. The molecule has 1 aromatic carbocycles. The van der Waals surface area contributed by atoms with Crippen LogP contribution in [0.3, 0.4) is 0 Å². The molecule has 0 fully saturated rings. The average molecular weight is 532 g/mol. The number of carbonyl (C=O) groups is 1. The topological polar surface area (TPSA) is 63.0 Å². The monoisotopic (exact) mass is 530 g/mol. The Morgan fingerprint density at radius 2 is 2.00 bits per heavy atom. The van der Waals surface area contributed by atoms with Crippen LogP contribution in [-0.2, 0) is 6.42 Å². The van der Waals surface area contributed by atoms with Crippen molar-refractivity contribution >= 4 is 72.0 Å². The van der Waals surface area contributed by atoms with Gasteiger partial charge in [-0.2, -0.15) is 0 Å². The van der Waals surface area contributed by atoms with E-state index in [2.05, 4.69) is 39.2 Å².